The van der Waals surface area contributed by atoms with Crippen LogP contribution in [-0.2, 0) is 11.3 Å². The van der Waals surface area contributed by atoms with Gasteiger partial charge in [0, 0.05) is 13.2 Å². The number of rotatable bonds is 11. The van der Waals surface area contributed by atoms with Crippen molar-refractivity contribution in [2.75, 3.05) is 26.3 Å². The first-order chi connectivity index (χ1) is 14.3. The lowest BCUT2D eigenvalue weighted by molar-refractivity contribution is 0.118. The van der Waals surface area contributed by atoms with Gasteiger partial charge in [-0.15, -0.1) is 24.0 Å². The fourth-order valence-corrected chi connectivity index (χ4v) is 3.05. The van der Waals surface area contributed by atoms with Crippen molar-refractivity contribution in [2.24, 2.45) is 10.7 Å². The van der Waals surface area contributed by atoms with Crippen LogP contribution in [0.1, 0.15) is 31.2 Å². The molecule has 0 radical (unpaired) electrons. The average molecular weight is 525 g/mol. The number of nitrogens with zero attached hydrogens (tertiary/aromatic N) is 1. The van der Waals surface area contributed by atoms with Crippen LogP contribution in [0.3, 0.4) is 0 Å². The van der Waals surface area contributed by atoms with E-state index in [1.54, 1.807) is 0 Å². The maximum absolute atomic E-state index is 5.87. The Hall–Kier alpha value is -2.00. The molecule has 2 aromatic carbocycles. The predicted octanol–water partition coefficient (Wildman–Crippen LogP) is 4.13. The molecule has 7 heteroatoms. The van der Waals surface area contributed by atoms with Gasteiger partial charge in [-0.2, -0.15) is 0 Å². The minimum Gasteiger partial charge on any atom is -0.494 e. The number of ether oxygens (including phenoxy) is 3. The molecule has 2 aromatic rings. The van der Waals surface area contributed by atoms with E-state index in [9.17, 15) is 0 Å². The van der Waals surface area contributed by atoms with Crippen LogP contribution in [0.15, 0.2) is 59.6 Å². The smallest absolute Gasteiger partial charge is 0.188 e. The van der Waals surface area contributed by atoms with Crippen LogP contribution in [0.2, 0.25) is 0 Å². The third-order valence-electron chi connectivity index (χ3n) is 4.71. The fraction of sp³-hybridized carbons (Fsp3) is 0.435. The predicted molar refractivity (Wildman–Crippen MR) is 131 cm³/mol. The van der Waals surface area contributed by atoms with Gasteiger partial charge in [0.05, 0.1) is 19.3 Å². The number of nitrogens with one attached hydrogen (secondary N) is 1. The van der Waals surface area contributed by atoms with E-state index in [-0.39, 0.29) is 30.1 Å². The molecule has 164 valence electrons. The molecule has 0 spiro atoms. The Morgan fingerprint density at radius 1 is 1.03 bits per heavy atom. The van der Waals surface area contributed by atoms with Gasteiger partial charge in [-0.25, -0.2) is 0 Å². The molecule has 0 amide bonds. The molecule has 1 saturated heterocycles. The van der Waals surface area contributed by atoms with Crippen LogP contribution in [-0.4, -0.2) is 38.4 Å². The summed E-state index contributed by atoms with van der Waals surface area (Å²) in [4.78, 5) is 4.33. The van der Waals surface area contributed by atoms with Gasteiger partial charge in [0.25, 0.3) is 0 Å². The van der Waals surface area contributed by atoms with E-state index in [1.165, 1.54) is 0 Å². The largest absolute Gasteiger partial charge is 0.494 e. The normalized spacial score (nSPS) is 16.0. The zero-order chi connectivity index (χ0) is 20.2. The first-order valence-electron chi connectivity index (χ1n) is 10.3. The zero-order valence-corrected chi connectivity index (χ0v) is 19.6. The van der Waals surface area contributed by atoms with Crippen LogP contribution in [0.4, 0.5) is 0 Å². The monoisotopic (exact) mass is 525 g/mol. The van der Waals surface area contributed by atoms with Gasteiger partial charge in [0.15, 0.2) is 5.96 Å². The van der Waals surface area contributed by atoms with Crippen molar-refractivity contribution in [1.29, 1.82) is 0 Å². The van der Waals surface area contributed by atoms with E-state index in [4.69, 9.17) is 19.9 Å². The molecule has 30 heavy (non-hydrogen) atoms. The molecule has 1 atom stereocenters. The minimum absolute atomic E-state index is 0. The Bertz CT molecular complexity index is 735. The molecule has 1 aliphatic heterocycles. The first-order valence-corrected chi connectivity index (χ1v) is 10.3. The Morgan fingerprint density at radius 3 is 2.47 bits per heavy atom. The Labute approximate surface area is 196 Å². The third kappa shape index (κ3) is 9.21. The van der Waals surface area contributed by atoms with Crippen molar-refractivity contribution >= 4 is 29.9 Å². The maximum atomic E-state index is 5.87. The Morgan fingerprint density at radius 2 is 1.77 bits per heavy atom. The van der Waals surface area contributed by atoms with Crippen molar-refractivity contribution < 1.29 is 14.2 Å². The van der Waals surface area contributed by atoms with Crippen molar-refractivity contribution in [1.82, 2.24) is 5.32 Å². The number of hydrogen-bond donors (Lipinski definition) is 2. The first kappa shape index (κ1) is 24.3. The highest BCUT2D eigenvalue weighted by Crippen LogP contribution is 2.19. The van der Waals surface area contributed by atoms with Gasteiger partial charge in [0.1, 0.15) is 18.1 Å². The molecule has 1 heterocycles. The summed E-state index contributed by atoms with van der Waals surface area (Å²) in [6.45, 7) is 3.51. The van der Waals surface area contributed by atoms with E-state index in [1.807, 2.05) is 42.5 Å². The topological polar surface area (TPSA) is 78.1 Å². The highest BCUT2D eigenvalue weighted by Gasteiger charge is 2.14. The highest BCUT2D eigenvalue weighted by atomic mass is 127. The summed E-state index contributed by atoms with van der Waals surface area (Å²) in [6.07, 6.45) is 4.34. The van der Waals surface area contributed by atoms with Gasteiger partial charge in [-0.3, -0.25) is 4.99 Å². The molecule has 1 fully saturated rings. The number of nitrogens with two attached hydrogens (primary N) is 1. The van der Waals surface area contributed by atoms with Crippen LogP contribution in [0.5, 0.6) is 11.5 Å². The lowest BCUT2D eigenvalue weighted by atomic mass is 10.2. The second kappa shape index (κ2) is 14.1. The van der Waals surface area contributed by atoms with E-state index in [2.05, 4.69) is 22.4 Å². The van der Waals surface area contributed by atoms with Crippen LogP contribution < -0.4 is 20.5 Å². The van der Waals surface area contributed by atoms with E-state index < -0.39 is 0 Å². The summed E-state index contributed by atoms with van der Waals surface area (Å²) in [5.74, 6) is 2.18. The van der Waals surface area contributed by atoms with Crippen LogP contribution in [0, 0.1) is 0 Å². The zero-order valence-electron chi connectivity index (χ0n) is 17.3. The molecule has 1 unspecified atom stereocenters. The summed E-state index contributed by atoms with van der Waals surface area (Å²) in [6, 6.07) is 17.9. The number of benzene rings is 2. The van der Waals surface area contributed by atoms with Gasteiger partial charge < -0.3 is 25.3 Å². The van der Waals surface area contributed by atoms with E-state index in [0.29, 0.717) is 25.7 Å². The van der Waals surface area contributed by atoms with E-state index >= 15 is 0 Å². The van der Waals surface area contributed by atoms with Gasteiger partial charge in [-0.1, -0.05) is 30.3 Å². The van der Waals surface area contributed by atoms with Crippen molar-refractivity contribution in [2.45, 2.75) is 38.4 Å². The molecule has 0 bridgehead atoms. The summed E-state index contributed by atoms with van der Waals surface area (Å²) >= 11 is 0. The van der Waals surface area contributed by atoms with Crippen molar-refractivity contribution in [3.05, 3.63) is 60.2 Å². The minimum atomic E-state index is 0. The Balaban J connectivity index is 0.00000320. The SMILES string of the molecule is I.NC(=NCC1CCCO1)NCCCCOc1ccc(OCc2ccccc2)cc1. The van der Waals surface area contributed by atoms with Gasteiger partial charge in [-0.05, 0) is 55.5 Å². The second-order valence-electron chi connectivity index (χ2n) is 7.09. The summed E-state index contributed by atoms with van der Waals surface area (Å²) in [5.41, 5.74) is 7.03. The van der Waals surface area contributed by atoms with E-state index in [0.717, 1.165) is 55.9 Å². The summed E-state index contributed by atoms with van der Waals surface area (Å²) < 4.78 is 17.1. The quantitative estimate of drug-likeness (QED) is 0.200. The third-order valence-corrected chi connectivity index (χ3v) is 4.71. The number of aliphatic imine (C=N–C) groups is 1. The van der Waals surface area contributed by atoms with Gasteiger partial charge in [0.2, 0.25) is 0 Å². The molecule has 0 aliphatic carbocycles. The molecule has 3 rings (SSSR count). The summed E-state index contributed by atoms with van der Waals surface area (Å²) in [7, 11) is 0. The number of halogens is 1. The van der Waals surface area contributed by atoms with Gasteiger partial charge >= 0.3 is 0 Å². The van der Waals surface area contributed by atoms with Crippen LogP contribution >= 0.6 is 24.0 Å². The molecular weight excluding hydrogens is 493 g/mol. The second-order valence-corrected chi connectivity index (χ2v) is 7.09. The number of guanidine groups is 1. The fourth-order valence-electron chi connectivity index (χ4n) is 3.05. The standard InChI is InChI=1S/C23H31N3O3.HI/c24-23(26-17-22-9-6-16-28-22)25-14-4-5-15-27-20-10-12-21(13-11-20)29-18-19-7-2-1-3-8-19;/h1-3,7-8,10-13,22H,4-6,9,14-18H2,(H3,24,25,26);1H. The lowest BCUT2D eigenvalue weighted by Gasteiger charge is -2.10. The summed E-state index contributed by atoms with van der Waals surface area (Å²) in [5, 5.41) is 3.14. The van der Waals surface area contributed by atoms with Crippen molar-refractivity contribution in [3.8, 4) is 11.5 Å². The molecule has 3 N–H and O–H groups in total. The Kier molecular flexibility index (Phi) is 11.4. The highest BCUT2D eigenvalue weighted by molar-refractivity contribution is 14.0. The average Bonchev–Trinajstić information content (AvgIpc) is 3.28. The number of hydrogen-bond acceptors (Lipinski definition) is 4. The number of unbranched alkanes of at least 4 members (excludes halogenated alkanes) is 1. The molecule has 6 nitrogen and oxygen atoms in total. The molecule has 0 saturated carbocycles. The molecular formula is C23H32IN3O3. The van der Waals surface area contributed by atoms with Crippen molar-refractivity contribution in [3.63, 3.8) is 0 Å². The molecule has 1 aliphatic rings. The maximum Gasteiger partial charge on any atom is 0.188 e. The molecule has 0 aromatic heterocycles. The van der Waals surface area contributed by atoms with Crippen LogP contribution in [0.25, 0.3) is 0 Å². The lowest BCUT2D eigenvalue weighted by Crippen LogP contribution is -2.33.